The first-order valence-corrected chi connectivity index (χ1v) is 5.75. The van der Waals surface area contributed by atoms with Crippen molar-refractivity contribution < 1.29 is 0 Å². The van der Waals surface area contributed by atoms with Crippen LogP contribution in [0.4, 0.5) is 0 Å². The normalized spacial score (nSPS) is 23.2. The molecule has 1 fully saturated rings. The Morgan fingerprint density at radius 3 is 3.13 bits per heavy atom. The summed E-state index contributed by atoms with van der Waals surface area (Å²) < 4.78 is 1.99. The van der Waals surface area contributed by atoms with E-state index < -0.39 is 0 Å². The molecule has 2 rings (SSSR count). The molecule has 1 N–H and O–H groups in total. The first kappa shape index (κ1) is 10.6. The molecule has 0 amide bonds. The number of rotatable bonds is 3. The van der Waals surface area contributed by atoms with Crippen molar-refractivity contribution in [3.8, 4) is 0 Å². The van der Waals surface area contributed by atoms with Gasteiger partial charge < -0.3 is 5.32 Å². The highest BCUT2D eigenvalue weighted by atomic mass is 15.3. The Kier molecular flexibility index (Phi) is 3.38. The van der Waals surface area contributed by atoms with Crippen molar-refractivity contribution in [1.82, 2.24) is 20.0 Å². The third kappa shape index (κ3) is 2.58. The molecule has 0 bridgehead atoms. The van der Waals surface area contributed by atoms with Crippen molar-refractivity contribution in [3.05, 3.63) is 18.0 Å². The monoisotopic (exact) mass is 208 g/mol. The molecule has 1 aliphatic rings. The van der Waals surface area contributed by atoms with Crippen LogP contribution in [0, 0.1) is 0 Å². The number of aromatic nitrogens is 2. The first-order valence-electron chi connectivity index (χ1n) is 5.75. The maximum absolute atomic E-state index is 4.30. The van der Waals surface area contributed by atoms with Crippen LogP contribution in [-0.2, 0) is 13.1 Å². The van der Waals surface area contributed by atoms with Gasteiger partial charge in [0.1, 0.15) is 0 Å². The summed E-state index contributed by atoms with van der Waals surface area (Å²) in [6, 6.07) is 0.628. The molecule has 0 saturated carbocycles. The van der Waals surface area contributed by atoms with Gasteiger partial charge in [0.15, 0.2) is 0 Å². The van der Waals surface area contributed by atoms with Crippen molar-refractivity contribution in [2.75, 3.05) is 19.6 Å². The fourth-order valence-electron chi connectivity index (χ4n) is 2.01. The zero-order valence-corrected chi connectivity index (χ0v) is 9.61. The molecule has 0 radical (unpaired) electrons. The maximum atomic E-state index is 4.30. The Balaban J connectivity index is 1.95. The minimum Gasteiger partial charge on any atom is -0.314 e. The van der Waals surface area contributed by atoms with E-state index in [1.54, 1.807) is 0 Å². The van der Waals surface area contributed by atoms with E-state index in [-0.39, 0.29) is 0 Å². The molecule has 0 aliphatic carbocycles. The first-order chi connectivity index (χ1) is 7.29. The molecule has 4 nitrogen and oxygen atoms in total. The van der Waals surface area contributed by atoms with Gasteiger partial charge in [0.25, 0.3) is 0 Å². The fourth-order valence-corrected chi connectivity index (χ4v) is 2.01. The zero-order chi connectivity index (χ0) is 10.7. The molecule has 2 heterocycles. The van der Waals surface area contributed by atoms with Gasteiger partial charge in [0, 0.05) is 50.5 Å². The number of hydrogen-bond acceptors (Lipinski definition) is 3. The van der Waals surface area contributed by atoms with E-state index in [2.05, 4.69) is 35.4 Å². The van der Waals surface area contributed by atoms with Gasteiger partial charge in [-0.3, -0.25) is 9.58 Å². The van der Waals surface area contributed by atoms with Gasteiger partial charge in [-0.15, -0.1) is 0 Å². The highest BCUT2D eigenvalue weighted by molar-refractivity contribution is 5.04. The summed E-state index contributed by atoms with van der Waals surface area (Å²) in [6.07, 6.45) is 4.13. The van der Waals surface area contributed by atoms with E-state index in [0.29, 0.717) is 6.04 Å². The molecule has 1 aromatic heterocycles. The Morgan fingerprint density at radius 2 is 2.47 bits per heavy atom. The van der Waals surface area contributed by atoms with Crippen molar-refractivity contribution in [1.29, 1.82) is 0 Å². The largest absolute Gasteiger partial charge is 0.314 e. The number of aryl methyl sites for hydroxylation is 1. The van der Waals surface area contributed by atoms with Crippen LogP contribution in [0.15, 0.2) is 12.4 Å². The Hall–Kier alpha value is -0.870. The Morgan fingerprint density at radius 1 is 1.60 bits per heavy atom. The molecule has 1 aromatic rings. The van der Waals surface area contributed by atoms with Crippen molar-refractivity contribution in [2.45, 2.75) is 33.0 Å². The number of nitrogens with zero attached hydrogens (tertiary/aromatic N) is 3. The summed E-state index contributed by atoms with van der Waals surface area (Å²) in [5, 5.41) is 7.70. The van der Waals surface area contributed by atoms with E-state index in [1.807, 2.05) is 10.9 Å². The van der Waals surface area contributed by atoms with E-state index in [1.165, 1.54) is 5.56 Å². The minimum atomic E-state index is 0.628. The lowest BCUT2D eigenvalue weighted by molar-refractivity contribution is 0.165. The summed E-state index contributed by atoms with van der Waals surface area (Å²) in [7, 11) is 0. The van der Waals surface area contributed by atoms with Crippen molar-refractivity contribution in [3.63, 3.8) is 0 Å². The molecule has 4 heteroatoms. The summed E-state index contributed by atoms with van der Waals surface area (Å²) >= 11 is 0. The molecule has 1 saturated heterocycles. The number of nitrogens with one attached hydrogen (secondary N) is 1. The SMILES string of the molecule is CCn1cc(CN2CCNC[C@H]2C)cn1. The highest BCUT2D eigenvalue weighted by Gasteiger charge is 2.17. The van der Waals surface area contributed by atoms with Crippen LogP contribution in [0.5, 0.6) is 0 Å². The van der Waals surface area contributed by atoms with E-state index in [0.717, 1.165) is 32.7 Å². The Bertz CT molecular complexity index is 307. The lowest BCUT2D eigenvalue weighted by Gasteiger charge is -2.33. The quantitative estimate of drug-likeness (QED) is 0.793. The predicted octanol–water partition coefficient (Wildman–Crippen LogP) is 0.697. The number of piperazine rings is 1. The molecule has 0 spiro atoms. The molecular weight excluding hydrogens is 188 g/mol. The lowest BCUT2D eigenvalue weighted by atomic mass is 10.2. The van der Waals surface area contributed by atoms with Crippen LogP contribution in [0.2, 0.25) is 0 Å². The molecule has 15 heavy (non-hydrogen) atoms. The third-order valence-corrected chi connectivity index (χ3v) is 3.04. The average Bonchev–Trinajstić information content (AvgIpc) is 2.69. The second-order valence-corrected chi connectivity index (χ2v) is 4.23. The smallest absolute Gasteiger partial charge is 0.0534 e. The average molecular weight is 208 g/mol. The van der Waals surface area contributed by atoms with E-state index in [9.17, 15) is 0 Å². The van der Waals surface area contributed by atoms with Gasteiger partial charge in [-0.1, -0.05) is 0 Å². The molecular formula is C11H20N4. The van der Waals surface area contributed by atoms with Crippen LogP contribution >= 0.6 is 0 Å². The second kappa shape index (κ2) is 4.77. The highest BCUT2D eigenvalue weighted by Crippen LogP contribution is 2.09. The predicted molar refractivity (Wildman–Crippen MR) is 60.6 cm³/mol. The van der Waals surface area contributed by atoms with E-state index >= 15 is 0 Å². The Labute approximate surface area is 91.3 Å². The van der Waals surface area contributed by atoms with Gasteiger partial charge in [-0.2, -0.15) is 5.10 Å². The molecule has 1 atom stereocenters. The zero-order valence-electron chi connectivity index (χ0n) is 9.61. The van der Waals surface area contributed by atoms with Gasteiger partial charge in [0.2, 0.25) is 0 Å². The van der Waals surface area contributed by atoms with Gasteiger partial charge >= 0.3 is 0 Å². The van der Waals surface area contributed by atoms with Crippen LogP contribution in [0.1, 0.15) is 19.4 Å². The minimum absolute atomic E-state index is 0.628. The van der Waals surface area contributed by atoms with Gasteiger partial charge in [-0.05, 0) is 13.8 Å². The third-order valence-electron chi connectivity index (χ3n) is 3.04. The van der Waals surface area contributed by atoms with E-state index in [4.69, 9.17) is 0 Å². The summed E-state index contributed by atoms with van der Waals surface area (Å²) in [6.45, 7) is 9.72. The molecule has 0 unspecified atom stereocenters. The van der Waals surface area contributed by atoms with Crippen LogP contribution in [0.3, 0.4) is 0 Å². The van der Waals surface area contributed by atoms with Gasteiger partial charge in [-0.25, -0.2) is 0 Å². The topological polar surface area (TPSA) is 33.1 Å². The summed E-state index contributed by atoms with van der Waals surface area (Å²) in [4.78, 5) is 2.51. The lowest BCUT2D eigenvalue weighted by Crippen LogP contribution is -2.49. The van der Waals surface area contributed by atoms with Gasteiger partial charge in [0.05, 0.1) is 6.20 Å². The van der Waals surface area contributed by atoms with Crippen LogP contribution in [-0.4, -0.2) is 40.4 Å². The second-order valence-electron chi connectivity index (χ2n) is 4.23. The van der Waals surface area contributed by atoms with Crippen LogP contribution < -0.4 is 5.32 Å². The molecule has 1 aliphatic heterocycles. The maximum Gasteiger partial charge on any atom is 0.0534 e. The summed E-state index contributed by atoms with van der Waals surface area (Å²) in [5.41, 5.74) is 1.32. The van der Waals surface area contributed by atoms with Crippen molar-refractivity contribution >= 4 is 0 Å². The summed E-state index contributed by atoms with van der Waals surface area (Å²) in [5.74, 6) is 0. The molecule has 84 valence electrons. The van der Waals surface area contributed by atoms with Crippen molar-refractivity contribution in [2.24, 2.45) is 0 Å². The molecule has 0 aromatic carbocycles. The standard InChI is InChI=1S/C11H20N4/c1-3-15-9-11(7-13-15)8-14-5-4-12-6-10(14)2/h7,9-10,12H,3-6,8H2,1-2H3/t10-/m1/s1. The fraction of sp³-hybridized carbons (Fsp3) is 0.727. The van der Waals surface area contributed by atoms with Crippen LogP contribution in [0.25, 0.3) is 0 Å². The number of hydrogen-bond donors (Lipinski definition) is 1.